The fourth-order valence-electron chi connectivity index (χ4n) is 3.22. The summed E-state index contributed by atoms with van der Waals surface area (Å²) in [5, 5.41) is 24.5. The Morgan fingerprint density at radius 2 is 2.10 bits per heavy atom. The highest BCUT2D eigenvalue weighted by Gasteiger charge is 2.24. The van der Waals surface area contributed by atoms with Crippen molar-refractivity contribution in [2.45, 2.75) is 51.7 Å². The van der Waals surface area contributed by atoms with Crippen molar-refractivity contribution in [3.8, 4) is 0 Å². The van der Waals surface area contributed by atoms with Gasteiger partial charge in [-0.1, -0.05) is 25.0 Å². The molecule has 2 unspecified atom stereocenters. The zero-order chi connectivity index (χ0) is 15.4. The van der Waals surface area contributed by atoms with Crippen molar-refractivity contribution >= 4 is 5.69 Å². The van der Waals surface area contributed by atoms with Crippen LogP contribution in [0.15, 0.2) is 18.2 Å². The maximum atomic E-state index is 11.0. The minimum atomic E-state index is -0.348. The van der Waals surface area contributed by atoms with Gasteiger partial charge in [0.15, 0.2) is 0 Å². The second-order valence-corrected chi connectivity index (χ2v) is 5.99. The van der Waals surface area contributed by atoms with E-state index < -0.39 is 0 Å². The maximum absolute atomic E-state index is 11.0. The second-order valence-electron chi connectivity index (χ2n) is 5.99. The number of hydrogen-bond acceptors (Lipinski definition) is 4. The molecule has 0 heterocycles. The molecule has 1 aliphatic carbocycles. The number of nitrogens with one attached hydrogen (secondary N) is 1. The molecule has 1 aromatic rings. The molecule has 0 spiro atoms. The third-order valence-electron chi connectivity index (χ3n) is 4.59. The first-order valence-electron chi connectivity index (χ1n) is 7.66. The van der Waals surface area contributed by atoms with Gasteiger partial charge in [0.05, 0.1) is 11.0 Å². The lowest BCUT2D eigenvalue weighted by molar-refractivity contribution is -0.385. The Morgan fingerprint density at radius 1 is 1.43 bits per heavy atom. The van der Waals surface area contributed by atoms with Gasteiger partial charge in [0, 0.05) is 24.2 Å². The summed E-state index contributed by atoms with van der Waals surface area (Å²) in [5.74, 6) is 0.399. The number of benzene rings is 1. The summed E-state index contributed by atoms with van der Waals surface area (Å²) in [6.45, 7) is 4.29. The Hall–Kier alpha value is -1.46. The van der Waals surface area contributed by atoms with Crippen molar-refractivity contribution in [3.05, 3.63) is 39.4 Å². The minimum Gasteiger partial charge on any atom is -0.392 e. The fraction of sp³-hybridized carbons (Fsp3) is 0.625. The Balaban J connectivity index is 1.98. The smallest absolute Gasteiger partial charge is 0.272 e. The highest BCUT2D eigenvalue weighted by Crippen LogP contribution is 2.28. The van der Waals surface area contributed by atoms with Crippen LogP contribution < -0.4 is 5.32 Å². The standard InChI is InChI=1S/C16H24N2O3/c1-11-14(8-5-9-15(11)18(20)21)12(2)17-10-16(19)13-6-3-4-7-13/h5,8-9,12-13,16-17,19H,3-4,6-7,10H2,1-2H3. The summed E-state index contributed by atoms with van der Waals surface area (Å²) in [6, 6.07) is 5.13. The molecule has 2 N–H and O–H groups in total. The van der Waals surface area contributed by atoms with E-state index >= 15 is 0 Å². The molecule has 0 saturated heterocycles. The Kier molecular flexibility index (Phi) is 5.31. The first-order valence-corrected chi connectivity index (χ1v) is 7.66. The maximum Gasteiger partial charge on any atom is 0.272 e. The SMILES string of the molecule is Cc1c(C(C)NCC(O)C2CCCC2)cccc1[N+](=O)[O-]. The quantitative estimate of drug-likeness (QED) is 0.624. The lowest BCUT2D eigenvalue weighted by Gasteiger charge is -2.22. The molecule has 0 radical (unpaired) electrons. The third-order valence-corrected chi connectivity index (χ3v) is 4.59. The van der Waals surface area contributed by atoms with Gasteiger partial charge in [0.1, 0.15) is 0 Å². The van der Waals surface area contributed by atoms with Crippen LogP contribution in [0.25, 0.3) is 0 Å². The van der Waals surface area contributed by atoms with Gasteiger partial charge in [-0.3, -0.25) is 10.1 Å². The zero-order valence-corrected chi connectivity index (χ0v) is 12.7. The summed E-state index contributed by atoms with van der Waals surface area (Å²) < 4.78 is 0. The average Bonchev–Trinajstić information content (AvgIpc) is 2.98. The molecule has 1 saturated carbocycles. The van der Waals surface area contributed by atoms with E-state index in [-0.39, 0.29) is 22.8 Å². The van der Waals surface area contributed by atoms with Gasteiger partial charge in [-0.05, 0) is 38.2 Å². The molecular formula is C16H24N2O3. The monoisotopic (exact) mass is 292 g/mol. The van der Waals surface area contributed by atoms with E-state index in [9.17, 15) is 15.2 Å². The van der Waals surface area contributed by atoms with E-state index in [0.29, 0.717) is 18.0 Å². The van der Waals surface area contributed by atoms with Gasteiger partial charge in [0.2, 0.25) is 0 Å². The predicted molar refractivity (Wildman–Crippen MR) is 82.2 cm³/mol. The van der Waals surface area contributed by atoms with Crippen LogP contribution in [0.1, 0.15) is 49.8 Å². The van der Waals surface area contributed by atoms with Gasteiger partial charge < -0.3 is 10.4 Å². The van der Waals surface area contributed by atoms with Crippen molar-refractivity contribution in [1.82, 2.24) is 5.32 Å². The van der Waals surface area contributed by atoms with Crippen molar-refractivity contribution in [2.24, 2.45) is 5.92 Å². The first kappa shape index (κ1) is 15.9. The van der Waals surface area contributed by atoms with E-state index in [1.54, 1.807) is 13.0 Å². The van der Waals surface area contributed by atoms with Crippen molar-refractivity contribution < 1.29 is 10.0 Å². The Morgan fingerprint density at radius 3 is 2.71 bits per heavy atom. The summed E-state index contributed by atoms with van der Waals surface area (Å²) >= 11 is 0. The summed E-state index contributed by atoms with van der Waals surface area (Å²) in [6.07, 6.45) is 4.30. The number of hydrogen-bond donors (Lipinski definition) is 2. The van der Waals surface area contributed by atoms with Crippen LogP contribution in [0.5, 0.6) is 0 Å². The average molecular weight is 292 g/mol. The lowest BCUT2D eigenvalue weighted by Crippen LogP contribution is -2.33. The van der Waals surface area contributed by atoms with Crippen LogP contribution in [0.4, 0.5) is 5.69 Å². The number of rotatable bonds is 6. The molecule has 0 aromatic heterocycles. The van der Waals surface area contributed by atoms with E-state index in [1.807, 2.05) is 13.0 Å². The number of aliphatic hydroxyl groups is 1. The molecule has 1 fully saturated rings. The molecule has 5 heteroatoms. The van der Waals surface area contributed by atoms with E-state index in [0.717, 1.165) is 18.4 Å². The molecule has 5 nitrogen and oxygen atoms in total. The topological polar surface area (TPSA) is 75.4 Å². The molecule has 0 bridgehead atoms. The molecule has 1 aromatic carbocycles. The number of nitro groups is 1. The van der Waals surface area contributed by atoms with Gasteiger partial charge in [-0.15, -0.1) is 0 Å². The lowest BCUT2D eigenvalue weighted by atomic mass is 9.98. The molecule has 0 aliphatic heterocycles. The first-order chi connectivity index (χ1) is 10.0. The minimum absolute atomic E-state index is 0.0130. The van der Waals surface area contributed by atoms with E-state index in [2.05, 4.69) is 5.32 Å². The summed E-state index contributed by atoms with van der Waals surface area (Å²) in [5.41, 5.74) is 1.76. The summed E-state index contributed by atoms with van der Waals surface area (Å²) in [4.78, 5) is 10.6. The van der Waals surface area contributed by atoms with Crippen LogP contribution >= 0.6 is 0 Å². The van der Waals surface area contributed by atoms with Crippen LogP contribution in [0.2, 0.25) is 0 Å². The Bertz CT molecular complexity index is 498. The molecular weight excluding hydrogens is 268 g/mol. The number of nitrogens with zero attached hydrogens (tertiary/aromatic N) is 1. The molecule has 2 atom stereocenters. The Labute approximate surface area is 125 Å². The largest absolute Gasteiger partial charge is 0.392 e. The van der Waals surface area contributed by atoms with Gasteiger partial charge in [0.25, 0.3) is 5.69 Å². The predicted octanol–water partition coefficient (Wildman–Crippen LogP) is 3.10. The molecule has 21 heavy (non-hydrogen) atoms. The van der Waals surface area contributed by atoms with E-state index in [1.165, 1.54) is 18.9 Å². The van der Waals surface area contributed by atoms with E-state index in [4.69, 9.17) is 0 Å². The summed E-state index contributed by atoms with van der Waals surface area (Å²) in [7, 11) is 0. The van der Waals surface area contributed by atoms with Gasteiger partial charge >= 0.3 is 0 Å². The number of nitro benzene ring substituents is 1. The van der Waals surface area contributed by atoms with Crippen LogP contribution in [0.3, 0.4) is 0 Å². The number of aliphatic hydroxyl groups excluding tert-OH is 1. The third kappa shape index (κ3) is 3.80. The fourth-order valence-corrected chi connectivity index (χ4v) is 3.22. The zero-order valence-electron chi connectivity index (χ0n) is 12.7. The van der Waals surface area contributed by atoms with Gasteiger partial charge in [-0.2, -0.15) is 0 Å². The second kappa shape index (κ2) is 7.00. The molecule has 0 amide bonds. The molecule has 116 valence electrons. The van der Waals surface area contributed by atoms with Crippen molar-refractivity contribution in [1.29, 1.82) is 0 Å². The van der Waals surface area contributed by atoms with Crippen LogP contribution in [0, 0.1) is 23.0 Å². The normalized spacial score (nSPS) is 18.6. The highest BCUT2D eigenvalue weighted by molar-refractivity contribution is 5.45. The van der Waals surface area contributed by atoms with Crippen molar-refractivity contribution in [3.63, 3.8) is 0 Å². The molecule has 2 rings (SSSR count). The van der Waals surface area contributed by atoms with Crippen LogP contribution in [-0.2, 0) is 0 Å². The van der Waals surface area contributed by atoms with Gasteiger partial charge in [-0.25, -0.2) is 0 Å². The van der Waals surface area contributed by atoms with Crippen LogP contribution in [-0.4, -0.2) is 22.7 Å². The van der Waals surface area contributed by atoms with Crippen molar-refractivity contribution in [2.75, 3.05) is 6.54 Å². The molecule has 1 aliphatic rings. The highest BCUT2D eigenvalue weighted by atomic mass is 16.6.